The second kappa shape index (κ2) is 10.2. The van der Waals surface area contributed by atoms with Crippen LogP contribution in [0.5, 0.6) is 0 Å². The number of pyridine rings is 1. The van der Waals surface area contributed by atoms with Gasteiger partial charge in [-0.15, -0.1) is 0 Å². The summed E-state index contributed by atoms with van der Waals surface area (Å²) in [5.74, 6) is 0. The highest BCUT2D eigenvalue weighted by Crippen LogP contribution is 2.30. The summed E-state index contributed by atoms with van der Waals surface area (Å²) in [7, 11) is 0. The van der Waals surface area contributed by atoms with Crippen molar-refractivity contribution in [3.63, 3.8) is 0 Å². The van der Waals surface area contributed by atoms with E-state index in [1.165, 1.54) is 29.0 Å². The summed E-state index contributed by atoms with van der Waals surface area (Å²) in [5, 5.41) is 11.1. The highest BCUT2D eigenvalue weighted by molar-refractivity contribution is 5.86. The first-order valence-corrected chi connectivity index (χ1v) is 10.9. The van der Waals surface area contributed by atoms with E-state index in [1.54, 1.807) is 24.4 Å². The molecule has 3 aromatic rings. The first-order valence-electron chi connectivity index (χ1n) is 10.9. The van der Waals surface area contributed by atoms with Crippen LogP contribution >= 0.6 is 0 Å². The molecule has 0 amide bonds. The number of anilines is 1. The van der Waals surface area contributed by atoms with Crippen molar-refractivity contribution in [1.82, 2.24) is 9.47 Å². The Morgan fingerprint density at radius 2 is 1.74 bits per heavy atom. The van der Waals surface area contributed by atoms with E-state index in [-0.39, 0.29) is 5.56 Å². The summed E-state index contributed by atoms with van der Waals surface area (Å²) in [6, 6.07) is 13.2. The quantitative estimate of drug-likeness (QED) is 0.506. The van der Waals surface area contributed by atoms with Gasteiger partial charge in [-0.1, -0.05) is 12.1 Å². The van der Waals surface area contributed by atoms with E-state index in [4.69, 9.17) is 10.1 Å². The van der Waals surface area contributed by atoms with Crippen LogP contribution in [0.2, 0.25) is 0 Å². The Bertz CT molecular complexity index is 1200. The molecule has 1 fully saturated rings. The molecule has 0 unspecified atom stereocenters. The summed E-state index contributed by atoms with van der Waals surface area (Å²) in [5.41, 5.74) is 2.06. The smallest absolute Gasteiger partial charge is 0.383 e. The Hall–Kier alpha value is -3.43. The Morgan fingerprint density at radius 3 is 2.38 bits per heavy atom. The topological polar surface area (TPSA) is 70.4 Å². The number of hydrogen-bond acceptors (Lipinski definition) is 5. The fourth-order valence-corrected chi connectivity index (χ4v) is 3.88. The van der Waals surface area contributed by atoms with Gasteiger partial charge >= 0.3 is 6.18 Å². The standard InChI is InChI=1S/C25H25F3N4O2/c26-25(27,28)21-3-1-18(2-4-21)19-7-9-32(24(33)16-19)22-5-6-23(20(15-22)17-29)30-8-10-31-11-13-34-14-12-31/h1-7,9,15-17,29-30H,8,10-14H2. The van der Waals surface area contributed by atoms with Crippen molar-refractivity contribution >= 4 is 11.9 Å². The highest BCUT2D eigenvalue weighted by Gasteiger charge is 2.30. The van der Waals surface area contributed by atoms with E-state index in [2.05, 4.69) is 10.2 Å². The van der Waals surface area contributed by atoms with Gasteiger partial charge < -0.3 is 15.5 Å². The van der Waals surface area contributed by atoms with Crippen LogP contribution < -0.4 is 10.9 Å². The van der Waals surface area contributed by atoms with Crippen molar-refractivity contribution in [2.24, 2.45) is 0 Å². The number of ether oxygens (including phenoxy) is 1. The predicted octanol–water partition coefficient (Wildman–Crippen LogP) is 4.27. The zero-order valence-corrected chi connectivity index (χ0v) is 18.4. The van der Waals surface area contributed by atoms with E-state index in [0.29, 0.717) is 22.4 Å². The van der Waals surface area contributed by atoms with Gasteiger partial charge in [-0.2, -0.15) is 13.2 Å². The Balaban J connectivity index is 1.49. The Labute approximate surface area is 195 Å². The zero-order chi connectivity index (χ0) is 24.1. The minimum absolute atomic E-state index is 0.318. The fourth-order valence-electron chi connectivity index (χ4n) is 3.88. The molecule has 0 atom stereocenters. The second-order valence-corrected chi connectivity index (χ2v) is 8.00. The third-order valence-electron chi connectivity index (χ3n) is 5.78. The number of rotatable bonds is 7. The van der Waals surface area contributed by atoms with Crippen LogP contribution in [0.4, 0.5) is 18.9 Å². The van der Waals surface area contributed by atoms with Crippen LogP contribution in [-0.2, 0) is 10.9 Å². The first-order chi connectivity index (χ1) is 16.3. The third-order valence-corrected chi connectivity index (χ3v) is 5.78. The number of morpholine rings is 1. The molecule has 1 saturated heterocycles. The summed E-state index contributed by atoms with van der Waals surface area (Å²) < 4.78 is 45.2. The molecule has 0 bridgehead atoms. The molecule has 4 rings (SSSR count). The minimum atomic E-state index is -4.40. The van der Waals surface area contributed by atoms with E-state index in [1.807, 2.05) is 6.07 Å². The normalized spacial score (nSPS) is 14.7. The maximum absolute atomic E-state index is 12.8. The van der Waals surface area contributed by atoms with Gasteiger partial charge in [0, 0.05) is 61.6 Å². The summed E-state index contributed by atoms with van der Waals surface area (Å²) >= 11 is 0. The number of alkyl halides is 3. The van der Waals surface area contributed by atoms with Crippen LogP contribution in [-0.4, -0.2) is 55.1 Å². The number of halogens is 3. The van der Waals surface area contributed by atoms with Gasteiger partial charge in [0.1, 0.15) is 0 Å². The van der Waals surface area contributed by atoms with Gasteiger partial charge in [-0.25, -0.2) is 0 Å². The van der Waals surface area contributed by atoms with E-state index in [0.717, 1.165) is 57.2 Å². The molecule has 1 aliphatic heterocycles. The maximum Gasteiger partial charge on any atom is 0.416 e. The molecule has 178 valence electrons. The SMILES string of the molecule is N=Cc1cc(-n2ccc(-c3ccc(C(F)(F)F)cc3)cc2=O)ccc1NCCN1CCOCC1. The van der Waals surface area contributed by atoms with Gasteiger partial charge in [0.25, 0.3) is 5.56 Å². The van der Waals surface area contributed by atoms with Crippen LogP contribution in [0.3, 0.4) is 0 Å². The maximum atomic E-state index is 12.8. The molecule has 0 spiro atoms. The van der Waals surface area contributed by atoms with Crippen LogP contribution in [0.1, 0.15) is 11.1 Å². The monoisotopic (exact) mass is 470 g/mol. The molecule has 2 aromatic carbocycles. The predicted molar refractivity (Wildman–Crippen MR) is 126 cm³/mol. The Kier molecular flexibility index (Phi) is 7.14. The lowest BCUT2D eigenvalue weighted by Crippen LogP contribution is -2.39. The van der Waals surface area contributed by atoms with Crippen LogP contribution in [0.25, 0.3) is 16.8 Å². The number of benzene rings is 2. The van der Waals surface area contributed by atoms with Gasteiger partial charge in [-0.05, 0) is 47.5 Å². The number of hydrogen-bond donors (Lipinski definition) is 2. The van der Waals surface area contributed by atoms with E-state index >= 15 is 0 Å². The molecule has 2 N–H and O–H groups in total. The van der Waals surface area contributed by atoms with E-state index < -0.39 is 11.7 Å². The largest absolute Gasteiger partial charge is 0.416 e. The van der Waals surface area contributed by atoms with Crippen molar-refractivity contribution in [2.45, 2.75) is 6.18 Å². The summed E-state index contributed by atoms with van der Waals surface area (Å²) in [4.78, 5) is 15.1. The lowest BCUT2D eigenvalue weighted by molar-refractivity contribution is -0.137. The highest BCUT2D eigenvalue weighted by atomic mass is 19.4. The van der Waals surface area contributed by atoms with Gasteiger partial charge in [-0.3, -0.25) is 14.3 Å². The van der Waals surface area contributed by atoms with Gasteiger partial charge in [0.15, 0.2) is 0 Å². The van der Waals surface area contributed by atoms with Gasteiger partial charge in [0.2, 0.25) is 0 Å². The molecule has 2 heterocycles. The summed E-state index contributed by atoms with van der Waals surface area (Å²) in [6.45, 7) is 4.89. The second-order valence-electron chi connectivity index (χ2n) is 8.00. The van der Waals surface area contributed by atoms with Crippen molar-refractivity contribution in [2.75, 3.05) is 44.7 Å². The molecule has 34 heavy (non-hydrogen) atoms. The molecule has 0 aliphatic carbocycles. The molecular weight excluding hydrogens is 445 g/mol. The van der Waals surface area contributed by atoms with E-state index in [9.17, 15) is 18.0 Å². The van der Waals surface area contributed by atoms with Crippen molar-refractivity contribution in [3.05, 3.63) is 82.3 Å². The lowest BCUT2D eigenvalue weighted by atomic mass is 10.0. The molecule has 9 heteroatoms. The molecule has 1 aromatic heterocycles. The minimum Gasteiger partial charge on any atom is -0.383 e. The van der Waals surface area contributed by atoms with Gasteiger partial charge in [0.05, 0.1) is 18.8 Å². The number of nitrogens with zero attached hydrogens (tertiary/aromatic N) is 2. The first kappa shape index (κ1) is 23.7. The summed E-state index contributed by atoms with van der Waals surface area (Å²) in [6.07, 6.45) is -1.58. The Morgan fingerprint density at radius 1 is 1.00 bits per heavy atom. The molecular formula is C25H25F3N4O2. The molecule has 1 aliphatic rings. The van der Waals surface area contributed by atoms with Crippen LogP contribution in [0, 0.1) is 5.41 Å². The molecule has 6 nitrogen and oxygen atoms in total. The van der Waals surface area contributed by atoms with Crippen molar-refractivity contribution < 1.29 is 17.9 Å². The average molecular weight is 470 g/mol. The van der Waals surface area contributed by atoms with Crippen LogP contribution in [0.15, 0.2) is 65.6 Å². The average Bonchev–Trinajstić information content (AvgIpc) is 2.84. The fraction of sp³-hybridized carbons (Fsp3) is 0.280. The third kappa shape index (κ3) is 5.55. The number of aromatic nitrogens is 1. The molecule has 0 saturated carbocycles. The van der Waals surface area contributed by atoms with Crippen molar-refractivity contribution in [3.8, 4) is 16.8 Å². The number of nitrogens with one attached hydrogen (secondary N) is 2. The van der Waals surface area contributed by atoms with Crippen molar-refractivity contribution in [1.29, 1.82) is 5.41 Å². The lowest BCUT2D eigenvalue weighted by Gasteiger charge is -2.26. The zero-order valence-electron chi connectivity index (χ0n) is 18.4. The molecule has 0 radical (unpaired) electrons.